The van der Waals surface area contributed by atoms with Crippen LogP contribution in [0.25, 0.3) is 0 Å². The largest absolute Gasteiger partial charge is 0.316 e. The Labute approximate surface area is 84.3 Å². The van der Waals surface area contributed by atoms with Gasteiger partial charge in [0.05, 0.1) is 0 Å². The molecule has 0 aliphatic rings. The molecule has 0 saturated carbocycles. The first kappa shape index (κ1) is 13.0. The average Bonchev–Trinajstić information content (AvgIpc) is 2.12. The Morgan fingerprint density at radius 2 is 1.77 bits per heavy atom. The molecule has 80 valence electrons. The summed E-state index contributed by atoms with van der Waals surface area (Å²) >= 11 is 0. The third-order valence-electron chi connectivity index (χ3n) is 3.30. The molecular formula is C12H27N. The number of hydrogen-bond acceptors (Lipinski definition) is 1. The minimum absolute atomic E-state index is 0.447. The van der Waals surface area contributed by atoms with E-state index in [1.54, 1.807) is 0 Å². The van der Waals surface area contributed by atoms with Crippen LogP contribution < -0.4 is 5.32 Å². The first-order valence-corrected chi connectivity index (χ1v) is 5.75. The Kier molecular flexibility index (Phi) is 6.40. The summed E-state index contributed by atoms with van der Waals surface area (Å²) < 4.78 is 0. The van der Waals surface area contributed by atoms with Crippen LogP contribution in [0, 0.1) is 5.41 Å². The first-order chi connectivity index (χ1) is 6.08. The van der Waals surface area contributed by atoms with Crippen molar-refractivity contribution in [1.29, 1.82) is 0 Å². The molecule has 0 aliphatic heterocycles. The topological polar surface area (TPSA) is 12.0 Å². The fraction of sp³-hybridized carbons (Fsp3) is 1.00. The molecule has 1 atom stereocenters. The second-order valence-corrected chi connectivity index (χ2v) is 4.68. The van der Waals surface area contributed by atoms with Crippen molar-refractivity contribution in [1.82, 2.24) is 5.32 Å². The van der Waals surface area contributed by atoms with Gasteiger partial charge in [0.2, 0.25) is 0 Å². The van der Waals surface area contributed by atoms with Gasteiger partial charge < -0.3 is 5.32 Å². The lowest BCUT2D eigenvalue weighted by molar-refractivity contribution is 0.226. The maximum atomic E-state index is 3.45. The van der Waals surface area contributed by atoms with Crippen molar-refractivity contribution in [3.05, 3.63) is 0 Å². The van der Waals surface area contributed by atoms with Gasteiger partial charge in [-0.2, -0.15) is 0 Å². The van der Waals surface area contributed by atoms with Crippen molar-refractivity contribution in [2.75, 3.05) is 7.05 Å². The van der Waals surface area contributed by atoms with E-state index in [4.69, 9.17) is 0 Å². The van der Waals surface area contributed by atoms with Crippen LogP contribution in [0.1, 0.15) is 59.8 Å². The molecule has 0 aromatic carbocycles. The Hall–Kier alpha value is -0.0400. The summed E-state index contributed by atoms with van der Waals surface area (Å²) in [6, 6.07) is 0.684. The van der Waals surface area contributed by atoms with E-state index in [2.05, 4.69) is 40.1 Å². The maximum Gasteiger partial charge on any atom is 0.0115 e. The van der Waals surface area contributed by atoms with E-state index in [0.29, 0.717) is 11.5 Å². The molecule has 0 rings (SSSR count). The highest BCUT2D eigenvalue weighted by molar-refractivity contribution is 4.81. The second-order valence-electron chi connectivity index (χ2n) is 4.68. The Morgan fingerprint density at radius 3 is 2.15 bits per heavy atom. The van der Waals surface area contributed by atoms with Crippen LogP contribution in [-0.4, -0.2) is 13.1 Å². The molecule has 0 aliphatic carbocycles. The van der Waals surface area contributed by atoms with Gasteiger partial charge in [0.15, 0.2) is 0 Å². The summed E-state index contributed by atoms with van der Waals surface area (Å²) in [5.41, 5.74) is 0.447. The summed E-state index contributed by atoms with van der Waals surface area (Å²) in [6.45, 7) is 9.27. The summed E-state index contributed by atoms with van der Waals surface area (Å²) in [5.74, 6) is 0. The van der Waals surface area contributed by atoms with Gasteiger partial charge in [0, 0.05) is 6.04 Å². The summed E-state index contributed by atoms with van der Waals surface area (Å²) in [6.07, 6.45) is 6.64. The molecule has 0 bridgehead atoms. The SMILES string of the molecule is CCCCCC(NC)C(C)(C)CC. The number of nitrogens with one attached hydrogen (secondary N) is 1. The predicted molar refractivity (Wildman–Crippen MR) is 61.1 cm³/mol. The smallest absolute Gasteiger partial charge is 0.0115 e. The molecule has 0 amide bonds. The predicted octanol–water partition coefficient (Wildman–Crippen LogP) is 3.59. The van der Waals surface area contributed by atoms with Crippen LogP contribution in [0.4, 0.5) is 0 Å². The van der Waals surface area contributed by atoms with Gasteiger partial charge >= 0.3 is 0 Å². The summed E-state index contributed by atoms with van der Waals surface area (Å²) in [5, 5.41) is 3.45. The third kappa shape index (κ3) is 4.66. The zero-order valence-corrected chi connectivity index (χ0v) is 10.1. The second kappa shape index (κ2) is 6.42. The van der Waals surface area contributed by atoms with Crippen molar-refractivity contribution in [2.24, 2.45) is 5.41 Å². The van der Waals surface area contributed by atoms with Crippen LogP contribution in [0.15, 0.2) is 0 Å². The Balaban J connectivity index is 3.87. The van der Waals surface area contributed by atoms with Gasteiger partial charge in [0.25, 0.3) is 0 Å². The van der Waals surface area contributed by atoms with E-state index >= 15 is 0 Å². The lowest BCUT2D eigenvalue weighted by Gasteiger charge is -2.33. The van der Waals surface area contributed by atoms with E-state index in [1.807, 2.05) is 0 Å². The maximum absolute atomic E-state index is 3.45. The first-order valence-electron chi connectivity index (χ1n) is 5.75. The summed E-state index contributed by atoms with van der Waals surface area (Å²) in [7, 11) is 2.09. The van der Waals surface area contributed by atoms with E-state index in [-0.39, 0.29) is 0 Å². The zero-order chi connectivity index (χ0) is 10.3. The molecule has 0 aromatic rings. The molecule has 0 aromatic heterocycles. The molecular weight excluding hydrogens is 158 g/mol. The number of rotatable bonds is 7. The minimum atomic E-state index is 0.447. The van der Waals surface area contributed by atoms with Gasteiger partial charge in [0.1, 0.15) is 0 Å². The van der Waals surface area contributed by atoms with Gasteiger partial charge in [-0.15, -0.1) is 0 Å². The van der Waals surface area contributed by atoms with Crippen LogP contribution in [0.2, 0.25) is 0 Å². The normalized spacial score (nSPS) is 14.5. The highest BCUT2D eigenvalue weighted by Crippen LogP contribution is 2.27. The van der Waals surface area contributed by atoms with Crippen LogP contribution in [-0.2, 0) is 0 Å². The molecule has 0 saturated heterocycles. The van der Waals surface area contributed by atoms with Crippen LogP contribution in [0.3, 0.4) is 0 Å². The van der Waals surface area contributed by atoms with Crippen molar-refractivity contribution in [3.63, 3.8) is 0 Å². The number of hydrogen-bond donors (Lipinski definition) is 1. The lowest BCUT2D eigenvalue weighted by atomic mass is 9.79. The lowest BCUT2D eigenvalue weighted by Crippen LogP contribution is -2.39. The Bertz CT molecular complexity index is 118. The fourth-order valence-electron chi connectivity index (χ4n) is 1.77. The van der Waals surface area contributed by atoms with E-state index in [0.717, 1.165) is 0 Å². The highest BCUT2D eigenvalue weighted by Gasteiger charge is 2.25. The average molecular weight is 185 g/mol. The van der Waals surface area contributed by atoms with Crippen molar-refractivity contribution in [3.8, 4) is 0 Å². The van der Waals surface area contributed by atoms with E-state index in [9.17, 15) is 0 Å². The standard InChI is InChI=1S/C12H27N/c1-6-8-9-10-11(13-5)12(3,4)7-2/h11,13H,6-10H2,1-5H3. The van der Waals surface area contributed by atoms with Gasteiger partial charge in [-0.25, -0.2) is 0 Å². The molecule has 0 spiro atoms. The van der Waals surface area contributed by atoms with Gasteiger partial charge in [-0.1, -0.05) is 47.0 Å². The monoisotopic (exact) mass is 185 g/mol. The molecule has 0 fully saturated rings. The molecule has 1 heteroatoms. The highest BCUT2D eigenvalue weighted by atomic mass is 14.9. The van der Waals surface area contributed by atoms with Crippen molar-refractivity contribution < 1.29 is 0 Å². The Morgan fingerprint density at radius 1 is 1.15 bits per heavy atom. The van der Waals surface area contributed by atoms with Crippen LogP contribution in [0.5, 0.6) is 0 Å². The molecule has 13 heavy (non-hydrogen) atoms. The van der Waals surface area contributed by atoms with Gasteiger partial charge in [-0.3, -0.25) is 0 Å². The number of unbranched alkanes of at least 4 members (excludes halogenated alkanes) is 2. The van der Waals surface area contributed by atoms with E-state index in [1.165, 1.54) is 32.1 Å². The molecule has 1 unspecified atom stereocenters. The van der Waals surface area contributed by atoms with Crippen LogP contribution >= 0.6 is 0 Å². The van der Waals surface area contributed by atoms with Crippen molar-refractivity contribution >= 4 is 0 Å². The summed E-state index contributed by atoms with van der Waals surface area (Å²) in [4.78, 5) is 0. The molecule has 1 N–H and O–H groups in total. The minimum Gasteiger partial charge on any atom is -0.316 e. The quantitative estimate of drug-likeness (QED) is 0.598. The third-order valence-corrected chi connectivity index (χ3v) is 3.30. The van der Waals surface area contributed by atoms with Crippen molar-refractivity contribution in [2.45, 2.75) is 65.8 Å². The fourth-order valence-corrected chi connectivity index (χ4v) is 1.77. The van der Waals surface area contributed by atoms with Gasteiger partial charge in [-0.05, 0) is 25.3 Å². The molecule has 0 radical (unpaired) electrons. The molecule has 0 heterocycles. The molecule has 1 nitrogen and oxygen atoms in total. The zero-order valence-electron chi connectivity index (χ0n) is 10.1. The van der Waals surface area contributed by atoms with E-state index < -0.39 is 0 Å².